The molecule has 0 aromatic heterocycles. The van der Waals surface area contributed by atoms with Gasteiger partial charge in [-0.3, -0.25) is 14.5 Å². The molecule has 1 heterocycles. The molecule has 6 heteroatoms. The molecule has 0 saturated carbocycles. The summed E-state index contributed by atoms with van der Waals surface area (Å²) in [6.45, 7) is 7.90. The fraction of sp³-hybridized carbons (Fsp3) is 0.769. The maximum absolute atomic E-state index is 12.3. The van der Waals surface area contributed by atoms with Gasteiger partial charge in [0, 0.05) is 6.54 Å². The third kappa shape index (κ3) is 3.68. The lowest BCUT2D eigenvalue weighted by atomic mass is 9.92. The van der Waals surface area contributed by atoms with Crippen LogP contribution in [-0.2, 0) is 9.59 Å². The van der Waals surface area contributed by atoms with E-state index in [-0.39, 0.29) is 18.4 Å². The molecule has 1 fully saturated rings. The highest BCUT2D eigenvalue weighted by Gasteiger charge is 2.47. The Bertz CT molecular complexity index is 381. The van der Waals surface area contributed by atoms with Crippen LogP contribution in [0, 0.1) is 5.92 Å². The van der Waals surface area contributed by atoms with Gasteiger partial charge in [-0.15, -0.1) is 0 Å². The van der Waals surface area contributed by atoms with Crippen LogP contribution in [0.4, 0.5) is 4.79 Å². The van der Waals surface area contributed by atoms with E-state index in [1.54, 1.807) is 13.8 Å². The lowest BCUT2D eigenvalue weighted by Crippen LogP contribution is -2.45. The molecule has 0 aromatic carbocycles. The number of carbonyl (C=O) groups excluding carboxylic acids is 3. The van der Waals surface area contributed by atoms with Crippen LogP contribution in [0.25, 0.3) is 0 Å². The normalized spacial score (nSPS) is 22.9. The van der Waals surface area contributed by atoms with Gasteiger partial charge in [0.15, 0.2) is 0 Å². The fourth-order valence-corrected chi connectivity index (χ4v) is 2.03. The largest absolute Gasteiger partial charge is 0.355 e. The standard InChI is InChI=1S/C13H23N3O3/c1-5-14-10(17)8-16-11(18)13(4,15-12(16)19)7-6-9(2)3/h9H,5-8H2,1-4H3,(H,14,17)(H,15,19)/t13-/m0/s1. The van der Waals surface area contributed by atoms with Gasteiger partial charge in [-0.25, -0.2) is 4.79 Å². The molecule has 0 aliphatic carbocycles. The number of imide groups is 1. The van der Waals surface area contributed by atoms with Gasteiger partial charge in [0.05, 0.1) is 0 Å². The van der Waals surface area contributed by atoms with Gasteiger partial charge >= 0.3 is 6.03 Å². The topological polar surface area (TPSA) is 78.5 Å². The second kappa shape index (κ2) is 6.04. The van der Waals surface area contributed by atoms with Crippen LogP contribution >= 0.6 is 0 Å². The van der Waals surface area contributed by atoms with Crippen LogP contribution in [0.15, 0.2) is 0 Å². The van der Waals surface area contributed by atoms with Gasteiger partial charge < -0.3 is 10.6 Å². The molecule has 2 N–H and O–H groups in total. The van der Waals surface area contributed by atoms with E-state index < -0.39 is 11.6 Å². The Hall–Kier alpha value is -1.59. The van der Waals surface area contributed by atoms with E-state index >= 15 is 0 Å². The molecule has 1 saturated heterocycles. The highest BCUT2D eigenvalue weighted by molar-refractivity contribution is 6.08. The fourth-order valence-electron chi connectivity index (χ4n) is 2.03. The smallest absolute Gasteiger partial charge is 0.325 e. The molecule has 19 heavy (non-hydrogen) atoms. The van der Waals surface area contributed by atoms with Crippen LogP contribution in [0.3, 0.4) is 0 Å². The molecular weight excluding hydrogens is 246 g/mol. The minimum Gasteiger partial charge on any atom is -0.355 e. The molecule has 0 spiro atoms. The molecule has 0 radical (unpaired) electrons. The van der Waals surface area contributed by atoms with E-state index in [4.69, 9.17) is 0 Å². The number of urea groups is 1. The first-order valence-electron chi connectivity index (χ1n) is 6.71. The Balaban J connectivity index is 2.69. The zero-order valence-corrected chi connectivity index (χ0v) is 12.1. The van der Waals surface area contributed by atoms with Crippen molar-refractivity contribution in [1.29, 1.82) is 0 Å². The number of hydrogen-bond acceptors (Lipinski definition) is 3. The second-order valence-electron chi connectivity index (χ2n) is 5.54. The number of nitrogens with zero attached hydrogens (tertiary/aromatic N) is 1. The van der Waals surface area contributed by atoms with E-state index in [0.717, 1.165) is 11.3 Å². The van der Waals surface area contributed by atoms with Crippen LogP contribution < -0.4 is 10.6 Å². The summed E-state index contributed by atoms with van der Waals surface area (Å²) in [5, 5.41) is 5.27. The lowest BCUT2D eigenvalue weighted by Gasteiger charge is -2.22. The predicted octanol–water partition coefficient (Wildman–Crippen LogP) is 0.869. The van der Waals surface area contributed by atoms with Gasteiger partial charge in [-0.2, -0.15) is 0 Å². The van der Waals surface area contributed by atoms with Crippen molar-refractivity contribution in [2.45, 2.75) is 46.1 Å². The van der Waals surface area contributed by atoms with Crippen molar-refractivity contribution in [3.05, 3.63) is 0 Å². The van der Waals surface area contributed by atoms with Gasteiger partial charge in [-0.05, 0) is 32.6 Å². The molecule has 0 aromatic rings. The molecule has 108 valence electrons. The summed E-state index contributed by atoms with van der Waals surface area (Å²) >= 11 is 0. The summed E-state index contributed by atoms with van der Waals surface area (Å²) in [5.41, 5.74) is -0.881. The number of nitrogens with one attached hydrogen (secondary N) is 2. The summed E-state index contributed by atoms with van der Waals surface area (Å²) < 4.78 is 0. The first kappa shape index (κ1) is 15.5. The van der Waals surface area contributed by atoms with Crippen molar-refractivity contribution >= 4 is 17.8 Å². The Kier molecular flexibility index (Phi) is 4.91. The molecule has 0 unspecified atom stereocenters. The molecule has 1 rings (SSSR count). The van der Waals surface area contributed by atoms with Crippen molar-refractivity contribution in [3.63, 3.8) is 0 Å². The molecule has 4 amide bonds. The maximum Gasteiger partial charge on any atom is 0.325 e. The number of hydrogen-bond donors (Lipinski definition) is 2. The quantitative estimate of drug-likeness (QED) is 0.702. The zero-order chi connectivity index (χ0) is 14.6. The predicted molar refractivity (Wildman–Crippen MR) is 71.4 cm³/mol. The minimum absolute atomic E-state index is 0.213. The Morgan fingerprint density at radius 2 is 2.05 bits per heavy atom. The molecule has 1 aliphatic rings. The third-order valence-electron chi connectivity index (χ3n) is 3.24. The summed E-state index contributed by atoms with van der Waals surface area (Å²) in [6, 6.07) is -0.484. The van der Waals surface area contributed by atoms with E-state index in [1.165, 1.54) is 0 Å². The van der Waals surface area contributed by atoms with Crippen molar-refractivity contribution in [3.8, 4) is 0 Å². The van der Waals surface area contributed by atoms with Crippen LogP contribution in [-0.4, -0.2) is 41.4 Å². The van der Waals surface area contributed by atoms with Gasteiger partial charge in [0.1, 0.15) is 12.1 Å². The van der Waals surface area contributed by atoms with E-state index in [2.05, 4.69) is 24.5 Å². The number of carbonyl (C=O) groups is 3. The van der Waals surface area contributed by atoms with E-state index in [1.807, 2.05) is 0 Å². The van der Waals surface area contributed by atoms with E-state index in [9.17, 15) is 14.4 Å². The van der Waals surface area contributed by atoms with Crippen LogP contribution in [0.2, 0.25) is 0 Å². The SMILES string of the molecule is CCNC(=O)CN1C(=O)N[C@@](C)(CCC(C)C)C1=O. The molecule has 6 nitrogen and oxygen atoms in total. The molecular formula is C13H23N3O3. The number of rotatable bonds is 6. The summed E-state index contributed by atoms with van der Waals surface area (Å²) in [5.74, 6) is -0.178. The molecule has 1 aliphatic heterocycles. The second-order valence-corrected chi connectivity index (χ2v) is 5.54. The van der Waals surface area contributed by atoms with Gasteiger partial charge in [-0.1, -0.05) is 13.8 Å². The average molecular weight is 269 g/mol. The zero-order valence-electron chi connectivity index (χ0n) is 12.1. The summed E-state index contributed by atoms with van der Waals surface area (Å²) in [4.78, 5) is 36.5. The van der Waals surface area contributed by atoms with Crippen molar-refractivity contribution in [1.82, 2.24) is 15.5 Å². The summed E-state index contributed by atoms with van der Waals surface area (Å²) in [6.07, 6.45) is 1.43. The minimum atomic E-state index is -0.881. The molecule has 1 atom stereocenters. The van der Waals surface area contributed by atoms with Gasteiger partial charge in [0.25, 0.3) is 5.91 Å². The summed E-state index contributed by atoms with van der Waals surface area (Å²) in [7, 11) is 0. The van der Waals surface area contributed by atoms with Crippen molar-refractivity contribution in [2.75, 3.05) is 13.1 Å². The number of likely N-dealkylation sites (N-methyl/N-ethyl adjacent to an activating group) is 1. The monoisotopic (exact) mass is 269 g/mol. The van der Waals surface area contributed by atoms with Crippen LogP contribution in [0.5, 0.6) is 0 Å². The Morgan fingerprint density at radius 1 is 1.42 bits per heavy atom. The average Bonchev–Trinajstić information content (AvgIpc) is 2.52. The molecule has 0 bridgehead atoms. The van der Waals surface area contributed by atoms with Crippen molar-refractivity contribution in [2.24, 2.45) is 5.92 Å². The Morgan fingerprint density at radius 3 is 2.58 bits per heavy atom. The lowest BCUT2D eigenvalue weighted by molar-refractivity contribution is -0.134. The third-order valence-corrected chi connectivity index (χ3v) is 3.24. The van der Waals surface area contributed by atoms with Crippen molar-refractivity contribution < 1.29 is 14.4 Å². The number of amides is 4. The van der Waals surface area contributed by atoms with Crippen LogP contribution in [0.1, 0.15) is 40.5 Å². The first-order chi connectivity index (χ1) is 8.80. The first-order valence-corrected chi connectivity index (χ1v) is 6.71. The van der Waals surface area contributed by atoms with Gasteiger partial charge in [0.2, 0.25) is 5.91 Å². The highest BCUT2D eigenvalue weighted by atomic mass is 16.2. The highest BCUT2D eigenvalue weighted by Crippen LogP contribution is 2.24. The van der Waals surface area contributed by atoms with E-state index in [0.29, 0.717) is 18.9 Å². The maximum atomic E-state index is 12.3. The Labute approximate surface area is 113 Å².